The summed E-state index contributed by atoms with van der Waals surface area (Å²) >= 11 is 1.35. The number of nitrogens with zero attached hydrogens (tertiary/aromatic N) is 3. The molecule has 1 N–H and O–H groups in total. The first-order valence-electron chi connectivity index (χ1n) is 8.46. The molecule has 1 aliphatic rings. The number of thioether (sulfide) groups is 1. The molecule has 2 aromatic carbocycles. The first kappa shape index (κ1) is 18.8. The van der Waals surface area contributed by atoms with Crippen molar-refractivity contribution < 1.29 is 9.72 Å². The molecule has 138 valence electrons. The molecule has 0 aliphatic carbocycles. The molecule has 1 unspecified atom stereocenters. The number of aryl methyl sites for hydroxylation is 1. The second-order valence-electron chi connectivity index (χ2n) is 5.97. The average molecular weight is 382 g/mol. The molecule has 0 saturated carbocycles. The van der Waals surface area contributed by atoms with E-state index in [1.165, 1.54) is 35.7 Å². The zero-order valence-electron chi connectivity index (χ0n) is 14.7. The highest BCUT2D eigenvalue weighted by Crippen LogP contribution is 2.23. The molecule has 1 saturated heterocycles. The summed E-state index contributed by atoms with van der Waals surface area (Å²) in [4.78, 5) is 22.3. The molecule has 0 aromatic heterocycles. The normalized spacial score (nSPS) is 18.2. The van der Waals surface area contributed by atoms with E-state index in [1.54, 1.807) is 12.1 Å². The van der Waals surface area contributed by atoms with Gasteiger partial charge < -0.3 is 5.32 Å². The van der Waals surface area contributed by atoms with E-state index in [1.807, 2.05) is 0 Å². The quantitative estimate of drug-likeness (QED) is 0.471. The van der Waals surface area contributed by atoms with Crippen LogP contribution in [0.1, 0.15) is 23.6 Å². The highest BCUT2D eigenvalue weighted by atomic mass is 32.2. The molecule has 8 heteroatoms. The molecule has 1 heterocycles. The van der Waals surface area contributed by atoms with Gasteiger partial charge in [0.05, 0.1) is 16.4 Å². The second kappa shape index (κ2) is 8.59. The van der Waals surface area contributed by atoms with Gasteiger partial charge in [0, 0.05) is 12.1 Å². The molecule has 2 aromatic rings. The zero-order chi connectivity index (χ0) is 19.2. The Morgan fingerprint density at radius 1 is 1.15 bits per heavy atom. The lowest BCUT2D eigenvalue weighted by Gasteiger charge is -2.06. The van der Waals surface area contributed by atoms with E-state index in [-0.39, 0.29) is 16.8 Å². The van der Waals surface area contributed by atoms with E-state index in [0.717, 1.165) is 12.0 Å². The molecule has 0 radical (unpaired) electrons. The van der Waals surface area contributed by atoms with Crippen LogP contribution < -0.4 is 5.32 Å². The fourth-order valence-electron chi connectivity index (χ4n) is 2.54. The van der Waals surface area contributed by atoms with Crippen LogP contribution in [0.4, 0.5) is 5.69 Å². The fourth-order valence-corrected chi connectivity index (χ4v) is 3.51. The number of hydrogen-bond acceptors (Lipinski definition) is 6. The van der Waals surface area contributed by atoms with Crippen molar-refractivity contribution in [3.8, 4) is 0 Å². The minimum Gasteiger partial charge on any atom is -0.303 e. The number of hydrogen-bond donors (Lipinski definition) is 1. The van der Waals surface area contributed by atoms with Crippen molar-refractivity contribution in [3.63, 3.8) is 0 Å². The zero-order valence-corrected chi connectivity index (χ0v) is 15.5. The topological polar surface area (TPSA) is 97.0 Å². The summed E-state index contributed by atoms with van der Waals surface area (Å²) in [6.45, 7) is 2.11. The third-order valence-electron chi connectivity index (χ3n) is 4.09. The molecular weight excluding hydrogens is 364 g/mol. The SMILES string of the molecule is CCc1ccc(CC2S/C(=N/N=C/c3ccc([N+](=O)[O-])cc3)NC2=O)cc1. The van der Waals surface area contributed by atoms with Gasteiger partial charge in [-0.3, -0.25) is 14.9 Å². The van der Waals surface area contributed by atoms with Crippen molar-refractivity contribution in [2.24, 2.45) is 10.2 Å². The van der Waals surface area contributed by atoms with Crippen LogP contribution >= 0.6 is 11.8 Å². The predicted octanol–water partition coefficient (Wildman–Crippen LogP) is 3.32. The van der Waals surface area contributed by atoms with E-state index < -0.39 is 4.92 Å². The number of nitro benzene ring substituents is 1. The smallest absolute Gasteiger partial charge is 0.269 e. The van der Waals surface area contributed by atoms with Gasteiger partial charge >= 0.3 is 0 Å². The summed E-state index contributed by atoms with van der Waals surface area (Å²) in [5.41, 5.74) is 3.08. The van der Waals surface area contributed by atoms with Crippen molar-refractivity contribution in [2.45, 2.75) is 25.0 Å². The molecule has 0 bridgehead atoms. The third-order valence-corrected chi connectivity index (χ3v) is 5.16. The Hall–Kier alpha value is -3.00. The van der Waals surface area contributed by atoms with Gasteiger partial charge in [-0.2, -0.15) is 5.10 Å². The summed E-state index contributed by atoms with van der Waals surface area (Å²) in [6.07, 6.45) is 3.11. The Kier molecular flexibility index (Phi) is 5.97. The maximum atomic E-state index is 12.1. The number of amides is 1. The summed E-state index contributed by atoms with van der Waals surface area (Å²) in [5.74, 6) is -0.0798. The van der Waals surface area contributed by atoms with Crippen LogP contribution in [0.3, 0.4) is 0 Å². The largest absolute Gasteiger partial charge is 0.303 e. The summed E-state index contributed by atoms with van der Waals surface area (Å²) in [7, 11) is 0. The van der Waals surface area contributed by atoms with Crippen LogP contribution in [-0.2, 0) is 17.6 Å². The molecular formula is C19H18N4O3S. The fraction of sp³-hybridized carbons (Fsp3) is 0.211. The van der Waals surface area contributed by atoms with Gasteiger partial charge in [0.25, 0.3) is 5.69 Å². The molecule has 1 amide bonds. The minimum absolute atomic E-state index is 0.0203. The van der Waals surface area contributed by atoms with Crippen molar-refractivity contribution in [2.75, 3.05) is 0 Å². The maximum absolute atomic E-state index is 12.1. The molecule has 0 spiro atoms. The molecule has 1 fully saturated rings. The lowest BCUT2D eigenvalue weighted by atomic mass is 10.1. The molecule has 7 nitrogen and oxygen atoms in total. The number of benzene rings is 2. The lowest BCUT2D eigenvalue weighted by molar-refractivity contribution is -0.384. The van der Waals surface area contributed by atoms with Crippen molar-refractivity contribution >= 4 is 34.7 Å². The summed E-state index contributed by atoms with van der Waals surface area (Å²) in [6, 6.07) is 14.2. The van der Waals surface area contributed by atoms with Crippen LogP contribution in [0.5, 0.6) is 0 Å². The van der Waals surface area contributed by atoms with Gasteiger partial charge in [0.2, 0.25) is 5.91 Å². The minimum atomic E-state index is -0.457. The van der Waals surface area contributed by atoms with Crippen LogP contribution in [0.25, 0.3) is 0 Å². The highest BCUT2D eigenvalue weighted by molar-refractivity contribution is 8.15. The van der Waals surface area contributed by atoms with Gasteiger partial charge in [-0.1, -0.05) is 43.0 Å². The number of carbonyl (C=O) groups is 1. The Morgan fingerprint density at radius 3 is 2.44 bits per heavy atom. The number of nitro groups is 1. The Morgan fingerprint density at radius 2 is 1.81 bits per heavy atom. The number of amidine groups is 1. The van der Waals surface area contributed by atoms with Crippen LogP contribution in [0.15, 0.2) is 58.7 Å². The number of nitrogens with one attached hydrogen (secondary N) is 1. The predicted molar refractivity (Wildman–Crippen MR) is 107 cm³/mol. The van der Waals surface area contributed by atoms with Crippen LogP contribution in [-0.4, -0.2) is 27.5 Å². The number of non-ortho nitro benzene ring substituents is 1. The lowest BCUT2D eigenvalue weighted by Crippen LogP contribution is -2.25. The van der Waals surface area contributed by atoms with Gasteiger partial charge in [0.1, 0.15) is 0 Å². The van der Waals surface area contributed by atoms with Gasteiger partial charge in [0.15, 0.2) is 5.17 Å². The van der Waals surface area contributed by atoms with Crippen molar-refractivity contribution in [1.82, 2.24) is 5.32 Å². The van der Waals surface area contributed by atoms with Gasteiger partial charge in [-0.05, 0) is 41.7 Å². The first-order valence-corrected chi connectivity index (χ1v) is 9.34. The van der Waals surface area contributed by atoms with E-state index in [0.29, 0.717) is 17.2 Å². The van der Waals surface area contributed by atoms with Crippen LogP contribution in [0.2, 0.25) is 0 Å². The van der Waals surface area contributed by atoms with Crippen LogP contribution in [0, 0.1) is 10.1 Å². The van der Waals surface area contributed by atoms with E-state index in [2.05, 4.69) is 46.7 Å². The first-order chi connectivity index (χ1) is 13.0. The van der Waals surface area contributed by atoms with E-state index in [9.17, 15) is 14.9 Å². The molecule has 1 aliphatic heterocycles. The second-order valence-corrected chi connectivity index (χ2v) is 7.16. The molecule has 27 heavy (non-hydrogen) atoms. The van der Waals surface area contributed by atoms with Gasteiger partial charge in [-0.25, -0.2) is 0 Å². The maximum Gasteiger partial charge on any atom is 0.269 e. The summed E-state index contributed by atoms with van der Waals surface area (Å²) in [5, 5.41) is 21.6. The number of rotatable bonds is 6. The molecule has 3 rings (SSSR count). The summed E-state index contributed by atoms with van der Waals surface area (Å²) < 4.78 is 0. The van der Waals surface area contributed by atoms with E-state index in [4.69, 9.17) is 0 Å². The Balaban J connectivity index is 1.59. The third kappa shape index (κ3) is 5.01. The van der Waals surface area contributed by atoms with Crippen molar-refractivity contribution in [1.29, 1.82) is 0 Å². The standard InChI is InChI=1S/C19H18N4O3S/c1-2-13-3-5-14(6-4-13)11-17-18(24)21-19(27-17)22-20-12-15-7-9-16(10-8-15)23(25)26/h3-10,12,17H,2,11H2,1H3,(H,21,22,24)/b20-12+. The van der Waals surface area contributed by atoms with E-state index >= 15 is 0 Å². The Bertz CT molecular complexity index is 892. The monoisotopic (exact) mass is 382 g/mol. The van der Waals surface area contributed by atoms with Gasteiger partial charge in [-0.15, -0.1) is 5.10 Å². The average Bonchev–Trinajstić information content (AvgIpc) is 3.02. The highest BCUT2D eigenvalue weighted by Gasteiger charge is 2.30. The number of carbonyl (C=O) groups excluding carboxylic acids is 1. The molecule has 1 atom stereocenters. The Labute approximate surface area is 160 Å². The van der Waals surface area contributed by atoms with Crippen molar-refractivity contribution in [3.05, 3.63) is 75.3 Å².